The van der Waals surface area contributed by atoms with Crippen LogP contribution in [-0.4, -0.2) is 28.4 Å². The molecular weight excluding hydrogens is 508 g/mol. The normalized spacial score (nSPS) is 11.2. The van der Waals surface area contributed by atoms with Gasteiger partial charge in [-0.1, -0.05) is 18.2 Å². The average molecular weight is 537 g/mol. The number of halogens is 2. The highest BCUT2D eigenvalue weighted by Crippen LogP contribution is 2.17. The molecule has 166 valence electrons. The number of guanidine groups is 1. The van der Waals surface area contributed by atoms with Crippen LogP contribution in [0, 0.1) is 5.82 Å². The molecule has 6 nitrogen and oxygen atoms in total. The van der Waals surface area contributed by atoms with Crippen molar-refractivity contribution in [2.24, 2.45) is 12.0 Å². The predicted molar refractivity (Wildman–Crippen MR) is 134 cm³/mol. The van der Waals surface area contributed by atoms with Crippen LogP contribution in [0.3, 0.4) is 0 Å². The highest BCUT2D eigenvalue weighted by Gasteiger charge is 2.05. The van der Waals surface area contributed by atoms with Gasteiger partial charge in [-0.15, -0.1) is 24.0 Å². The summed E-state index contributed by atoms with van der Waals surface area (Å²) in [7, 11) is 1.87. The number of nitrogens with one attached hydrogen (secondary N) is 2. The highest BCUT2D eigenvalue weighted by atomic mass is 127. The molecule has 1 aromatic heterocycles. The Balaban J connectivity index is 0.00000341. The van der Waals surface area contributed by atoms with Crippen LogP contribution in [0.2, 0.25) is 0 Å². The largest absolute Gasteiger partial charge is 0.491 e. The van der Waals surface area contributed by atoms with E-state index in [2.05, 4.69) is 20.7 Å². The van der Waals surface area contributed by atoms with E-state index >= 15 is 0 Å². The molecule has 0 aliphatic rings. The molecule has 0 saturated heterocycles. The first-order chi connectivity index (χ1) is 14.5. The molecule has 0 spiro atoms. The molecule has 1 heterocycles. The second kappa shape index (κ2) is 12.3. The van der Waals surface area contributed by atoms with Crippen molar-refractivity contribution in [3.05, 3.63) is 77.9 Å². The molecule has 0 aliphatic heterocycles. The van der Waals surface area contributed by atoms with Gasteiger partial charge in [0.15, 0.2) is 5.96 Å². The van der Waals surface area contributed by atoms with Crippen LogP contribution in [0.1, 0.15) is 25.0 Å². The molecule has 0 amide bonds. The lowest BCUT2D eigenvalue weighted by Crippen LogP contribution is -2.32. The van der Waals surface area contributed by atoms with Gasteiger partial charge in [0, 0.05) is 31.0 Å². The molecule has 0 saturated carbocycles. The van der Waals surface area contributed by atoms with Crippen LogP contribution in [0.5, 0.6) is 5.75 Å². The monoisotopic (exact) mass is 537 g/mol. The summed E-state index contributed by atoms with van der Waals surface area (Å²) in [5, 5.41) is 10.8. The highest BCUT2D eigenvalue weighted by molar-refractivity contribution is 14.0. The Bertz CT molecular complexity index is 972. The quantitative estimate of drug-likeness (QED) is 0.247. The fraction of sp³-hybridized carbons (Fsp3) is 0.304. The number of rotatable bonds is 8. The van der Waals surface area contributed by atoms with Gasteiger partial charge in [0.25, 0.3) is 0 Å². The minimum absolute atomic E-state index is 0. The van der Waals surface area contributed by atoms with E-state index in [4.69, 9.17) is 4.74 Å². The first-order valence-corrected chi connectivity index (χ1v) is 10.0. The zero-order chi connectivity index (χ0) is 21.3. The summed E-state index contributed by atoms with van der Waals surface area (Å²) in [6, 6.07) is 14.5. The molecule has 0 unspecified atom stereocenters. The van der Waals surface area contributed by atoms with Gasteiger partial charge >= 0.3 is 0 Å². The second-order valence-corrected chi connectivity index (χ2v) is 7.27. The molecule has 0 aliphatic carbocycles. The van der Waals surface area contributed by atoms with Crippen molar-refractivity contribution in [3.63, 3.8) is 0 Å². The number of hydrogen-bond donors (Lipinski definition) is 2. The van der Waals surface area contributed by atoms with E-state index in [0.717, 1.165) is 17.0 Å². The maximum atomic E-state index is 13.9. The Morgan fingerprint density at radius 2 is 1.90 bits per heavy atom. The van der Waals surface area contributed by atoms with Crippen molar-refractivity contribution >= 4 is 35.6 Å². The summed E-state index contributed by atoms with van der Waals surface area (Å²) < 4.78 is 21.3. The Morgan fingerprint density at radius 3 is 2.55 bits per heavy atom. The molecule has 2 aromatic carbocycles. The third-order valence-electron chi connectivity index (χ3n) is 4.31. The summed E-state index contributed by atoms with van der Waals surface area (Å²) >= 11 is 0. The smallest absolute Gasteiger partial charge is 0.196 e. The molecular formula is C23H29FIN5O. The van der Waals surface area contributed by atoms with Crippen LogP contribution in [0.25, 0.3) is 0 Å². The number of benzene rings is 2. The summed E-state index contributed by atoms with van der Waals surface area (Å²) in [4.78, 5) is 4.64. The van der Waals surface area contributed by atoms with Crippen LogP contribution < -0.4 is 15.4 Å². The number of aryl methyl sites for hydroxylation is 1. The van der Waals surface area contributed by atoms with E-state index in [-0.39, 0.29) is 35.9 Å². The summed E-state index contributed by atoms with van der Waals surface area (Å²) in [5.41, 5.74) is 2.56. The molecule has 0 atom stereocenters. The van der Waals surface area contributed by atoms with Crippen LogP contribution >= 0.6 is 24.0 Å². The van der Waals surface area contributed by atoms with Gasteiger partial charge in [-0.2, -0.15) is 5.10 Å². The van der Waals surface area contributed by atoms with Gasteiger partial charge in [0.1, 0.15) is 11.6 Å². The van der Waals surface area contributed by atoms with Crippen molar-refractivity contribution in [2.75, 3.05) is 11.9 Å². The zero-order valence-electron chi connectivity index (χ0n) is 18.0. The molecule has 8 heteroatoms. The maximum Gasteiger partial charge on any atom is 0.196 e. The van der Waals surface area contributed by atoms with Crippen LogP contribution in [0.4, 0.5) is 10.1 Å². The lowest BCUT2D eigenvalue weighted by atomic mass is 10.1. The van der Waals surface area contributed by atoms with Gasteiger partial charge < -0.3 is 15.4 Å². The number of hydrogen-bond acceptors (Lipinski definition) is 3. The third-order valence-corrected chi connectivity index (χ3v) is 4.31. The van der Waals surface area contributed by atoms with Gasteiger partial charge in [-0.3, -0.25) is 4.68 Å². The van der Waals surface area contributed by atoms with E-state index < -0.39 is 0 Å². The summed E-state index contributed by atoms with van der Waals surface area (Å²) in [5.74, 6) is 1.24. The maximum absolute atomic E-state index is 13.9. The van der Waals surface area contributed by atoms with Crippen molar-refractivity contribution in [1.29, 1.82) is 0 Å². The number of nitrogens with zero attached hydrogens (tertiary/aromatic N) is 3. The van der Waals surface area contributed by atoms with E-state index in [1.165, 1.54) is 6.07 Å². The standard InChI is InChI=1S/C23H28FN5O.HI/c1-17(2)30-21-10-8-20(9-11-21)28-23(26-14-18-15-27-29(3)16-18)25-13-12-19-6-4-5-7-22(19)24;/h4-11,15-17H,12-14H2,1-3H3,(H2,25,26,28);1H. The molecule has 3 aromatic rings. The van der Waals surface area contributed by atoms with E-state index in [1.54, 1.807) is 23.0 Å². The predicted octanol–water partition coefficient (Wildman–Crippen LogP) is 4.76. The zero-order valence-corrected chi connectivity index (χ0v) is 20.3. The molecule has 0 bridgehead atoms. The minimum atomic E-state index is -0.193. The fourth-order valence-corrected chi connectivity index (χ4v) is 2.91. The number of ether oxygens (including phenoxy) is 1. The second-order valence-electron chi connectivity index (χ2n) is 7.27. The van der Waals surface area contributed by atoms with E-state index in [9.17, 15) is 4.39 Å². The van der Waals surface area contributed by atoms with Crippen LogP contribution in [-0.2, 0) is 20.0 Å². The molecule has 2 N–H and O–H groups in total. The van der Waals surface area contributed by atoms with Crippen molar-refractivity contribution in [3.8, 4) is 5.75 Å². The van der Waals surface area contributed by atoms with Crippen molar-refractivity contribution in [1.82, 2.24) is 15.1 Å². The Labute approximate surface area is 199 Å². The Hall–Kier alpha value is -2.62. The van der Waals surface area contributed by atoms with E-state index in [1.807, 2.05) is 57.4 Å². The SMILES string of the molecule is CC(C)Oc1ccc(NC(=NCc2cnn(C)c2)NCCc2ccccc2F)cc1.I. The fourth-order valence-electron chi connectivity index (χ4n) is 2.91. The van der Waals surface area contributed by atoms with Crippen molar-refractivity contribution < 1.29 is 9.13 Å². The van der Waals surface area contributed by atoms with E-state index in [0.29, 0.717) is 31.0 Å². The lowest BCUT2D eigenvalue weighted by Gasteiger charge is -2.14. The minimum Gasteiger partial charge on any atom is -0.491 e. The first-order valence-electron chi connectivity index (χ1n) is 10.0. The number of aromatic nitrogens is 2. The summed E-state index contributed by atoms with van der Waals surface area (Å²) in [6.07, 6.45) is 4.40. The molecule has 3 rings (SSSR count). The first kappa shape index (κ1) is 24.6. The molecule has 31 heavy (non-hydrogen) atoms. The Kier molecular flexibility index (Phi) is 9.77. The topological polar surface area (TPSA) is 63.5 Å². The Morgan fingerprint density at radius 1 is 1.16 bits per heavy atom. The molecule has 0 fully saturated rings. The lowest BCUT2D eigenvalue weighted by molar-refractivity contribution is 0.242. The summed E-state index contributed by atoms with van der Waals surface area (Å²) in [6.45, 7) is 5.02. The number of aliphatic imine (C=N–C) groups is 1. The van der Waals surface area contributed by atoms with Crippen LogP contribution in [0.15, 0.2) is 65.9 Å². The molecule has 0 radical (unpaired) electrons. The number of anilines is 1. The average Bonchev–Trinajstić information content (AvgIpc) is 3.13. The third kappa shape index (κ3) is 8.20. The van der Waals surface area contributed by atoms with Crippen molar-refractivity contribution in [2.45, 2.75) is 32.9 Å². The van der Waals surface area contributed by atoms with Gasteiger partial charge in [-0.25, -0.2) is 9.38 Å². The van der Waals surface area contributed by atoms with Gasteiger partial charge in [-0.05, 0) is 56.2 Å². The van der Waals surface area contributed by atoms with Gasteiger partial charge in [0.05, 0.1) is 18.8 Å². The van der Waals surface area contributed by atoms with Gasteiger partial charge in [0.2, 0.25) is 0 Å².